The van der Waals surface area contributed by atoms with Crippen molar-refractivity contribution in [1.82, 2.24) is 10.2 Å². The summed E-state index contributed by atoms with van der Waals surface area (Å²) in [5.74, 6) is 0.768. The molecule has 1 aliphatic rings. The Kier molecular flexibility index (Phi) is 7.92. The van der Waals surface area contributed by atoms with Gasteiger partial charge in [0.15, 0.2) is 0 Å². The molecular weight excluding hydrogens is 344 g/mol. The van der Waals surface area contributed by atoms with E-state index in [2.05, 4.69) is 38.2 Å². The fourth-order valence-corrected chi connectivity index (χ4v) is 3.09. The minimum atomic E-state index is -0.574. The van der Waals surface area contributed by atoms with Crippen LogP contribution >= 0.6 is 0 Å². The van der Waals surface area contributed by atoms with E-state index >= 15 is 0 Å². The Morgan fingerprint density at radius 1 is 1.26 bits per heavy atom. The summed E-state index contributed by atoms with van der Waals surface area (Å²) in [6, 6.07) is 8.34. The fourth-order valence-electron chi connectivity index (χ4n) is 3.09. The number of likely N-dealkylation sites (tertiary alicyclic amines) is 1. The third-order valence-electron chi connectivity index (χ3n) is 4.83. The van der Waals surface area contributed by atoms with Gasteiger partial charge in [0, 0.05) is 25.7 Å². The molecule has 0 saturated carbocycles. The summed E-state index contributed by atoms with van der Waals surface area (Å²) < 4.78 is 10.7. The molecule has 6 heteroatoms. The minimum Gasteiger partial charge on any atom is -0.491 e. The molecule has 2 N–H and O–H groups in total. The molecule has 1 fully saturated rings. The van der Waals surface area contributed by atoms with Gasteiger partial charge in [0.25, 0.3) is 0 Å². The van der Waals surface area contributed by atoms with Crippen LogP contribution in [0.3, 0.4) is 0 Å². The molecule has 1 atom stereocenters. The maximum Gasteiger partial charge on any atom is 0.409 e. The molecule has 1 aromatic rings. The van der Waals surface area contributed by atoms with Crippen molar-refractivity contribution in [2.45, 2.75) is 58.1 Å². The Labute approximate surface area is 162 Å². The number of nitrogens with one attached hydrogen (secondary N) is 1. The van der Waals surface area contributed by atoms with E-state index in [1.807, 2.05) is 19.1 Å². The van der Waals surface area contributed by atoms with Gasteiger partial charge < -0.3 is 24.8 Å². The standard InChI is InChI=1S/C21H34N2O4/c1-5-26-20(25)23-12-10-17(11-13-23)22-14-18(24)15-27-19-8-6-16(7-9-19)21(2,3)4/h6-9,17-18,22,24H,5,10-15H2,1-4H3/t18-/m1/s1. The molecular formula is C21H34N2O4. The third-order valence-corrected chi connectivity index (χ3v) is 4.83. The molecule has 0 bridgehead atoms. The number of aliphatic hydroxyl groups excluding tert-OH is 1. The monoisotopic (exact) mass is 378 g/mol. The smallest absolute Gasteiger partial charge is 0.409 e. The minimum absolute atomic E-state index is 0.116. The third kappa shape index (κ3) is 7.03. The molecule has 0 spiro atoms. The van der Waals surface area contributed by atoms with Crippen molar-refractivity contribution in [2.24, 2.45) is 0 Å². The Balaban J connectivity index is 1.65. The average molecular weight is 379 g/mol. The highest BCUT2D eigenvalue weighted by atomic mass is 16.6. The number of carbonyl (C=O) groups is 1. The van der Waals surface area contributed by atoms with Crippen LogP contribution < -0.4 is 10.1 Å². The lowest BCUT2D eigenvalue weighted by molar-refractivity contribution is 0.0860. The number of hydrogen-bond donors (Lipinski definition) is 2. The normalized spacial score (nSPS) is 16.9. The average Bonchev–Trinajstić information content (AvgIpc) is 2.65. The van der Waals surface area contributed by atoms with Crippen LogP contribution in [-0.4, -0.2) is 61.1 Å². The molecule has 1 saturated heterocycles. The molecule has 0 aliphatic carbocycles. The van der Waals surface area contributed by atoms with Crippen molar-refractivity contribution in [3.8, 4) is 5.75 Å². The lowest BCUT2D eigenvalue weighted by Crippen LogP contribution is -2.47. The van der Waals surface area contributed by atoms with Crippen LogP contribution in [0.15, 0.2) is 24.3 Å². The lowest BCUT2D eigenvalue weighted by Gasteiger charge is -2.32. The highest BCUT2D eigenvalue weighted by Gasteiger charge is 2.23. The number of benzene rings is 1. The number of amides is 1. The van der Waals surface area contributed by atoms with Gasteiger partial charge in [-0.25, -0.2) is 4.79 Å². The maximum absolute atomic E-state index is 11.7. The second-order valence-corrected chi connectivity index (χ2v) is 8.11. The van der Waals surface area contributed by atoms with Gasteiger partial charge in [-0.3, -0.25) is 0 Å². The lowest BCUT2D eigenvalue weighted by atomic mass is 9.87. The molecule has 0 aromatic heterocycles. The summed E-state index contributed by atoms with van der Waals surface area (Å²) in [7, 11) is 0. The van der Waals surface area contributed by atoms with E-state index in [1.165, 1.54) is 5.56 Å². The predicted octanol–water partition coefficient (Wildman–Crippen LogP) is 2.93. The first-order valence-corrected chi connectivity index (χ1v) is 9.86. The zero-order valence-electron chi connectivity index (χ0n) is 17.0. The van der Waals surface area contributed by atoms with Gasteiger partial charge >= 0.3 is 6.09 Å². The molecule has 1 amide bonds. The van der Waals surface area contributed by atoms with Crippen molar-refractivity contribution >= 4 is 6.09 Å². The van der Waals surface area contributed by atoms with E-state index in [1.54, 1.807) is 4.90 Å². The van der Waals surface area contributed by atoms with E-state index in [4.69, 9.17) is 9.47 Å². The van der Waals surface area contributed by atoms with Crippen molar-refractivity contribution in [1.29, 1.82) is 0 Å². The summed E-state index contributed by atoms with van der Waals surface area (Å²) >= 11 is 0. The number of nitrogens with zero attached hydrogens (tertiary/aromatic N) is 1. The van der Waals surface area contributed by atoms with Crippen LogP contribution in [0.2, 0.25) is 0 Å². The van der Waals surface area contributed by atoms with Gasteiger partial charge in [0.05, 0.1) is 6.61 Å². The summed E-state index contributed by atoms with van der Waals surface area (Å²) in [5, 5.41) is 13.5. The first kappa shape index (κ1) is 21.5. The van der Waals surface area contributed by atoms with Crippen molar-refractivity contribution < 1.29 is 19.4 Å². The van der Waals surface area contributed by atoms with Crippen LogP contribution in [0.1, 0.15) is 46.1 Å². The van der Waals surface area contributed by atoms with Gasteiger partial charge in [0.1, 0.15) is 18.5 Å². The van der Waals surface area contributed by atoms with Gasteiger partial charge in [-0.2, -0.15) is 0 Å². The van der Waals surface area contributed by atoms with Crippen molar-refractivity contribution in [3.63, 3.8) is 0 Å². The van der Waals surface area contributed by atoms with Crippen molar-refractivity contribution in [3.05, 3.63) is 29.8 Å². The van der Waals surface area contributed by atoms with Crippen LogP contribution in [0, 0.1) is 0 Å². The molecule has 1 aliphatic heterocycles. The number of aliphatic hydroxyl groups is 1. The molecule has 27 heavy (non-hydrogen) atoms. The Hall–Kier alpha value is -1.79. The summed E-state index contributed by atoms with van der Waals surface area (Å²) in [5.41, 5.74) is 1.37. The topological polar surface area (TPSA) is 71.0 Å². The van der Waals surface area contributed by atoms with Crippen LogP contribution in [0.4, 0.5) is 4.79 Å². The first-order chi connectivity index (χ1) is 12.8. The predicted molar refractivity (Wildman–Crippen MR) is 106 cm³/mol. The summed E-state index contributed by atoms with van der Waals surface area (Å²) in [4.78, 5) is 13.4. The fraction of sp³-hybridized carbons (Fsp3) is 0.667. The molecule has 2 rings (SSSR count). The highest BCUT2D eigenvalue weighted by molar-refractivity contribution is 5.67. The van der Waals surface area contributed by atoms with E-state index in [-0.39, 0.29) is 18.1 Å². The summed E-state index contributed by atoms with van der Waals surface area (Å²) in [6.45, 7) is 10.8. The Morgan fingerprint density at radius 3 is 2.44 bits per heavy atom. The zero-order valence-corrected chi connectivity index (χ0v) is 17.0. The maximum atomic E-state index is 11.7. The number of carbonyl (C=O) groups excluding carboxylic acids is 1. The van der Waals surface area contributed by atoms with E-state index in [9.17, 15) is 9.90 Å². The molecule has 1 aromatic carbocycles. The van der Waals surface area contributed by atoms with E-state index in [0.29, 0.717) is 32.3 Å². The zero-order chi connectivity index (χ0) is 19.9. The van der Waals surface area contributed by atoms with E-state index in [0.717, 1.165) is 18.6 Å². The number of hydrogen-bond acceptors (Lipinski definition) is 5. The van der Waals surface area contributed by atoms with Gasteiger partial charge in [-0.1, -0.05) is 32.9 Å². The Morgan fingerprint density at radius 2 is 1.89 bits per heavy atom. The van der Waals surface area contributed by atoms with Crippen LogP contribution in [-0.2, 0) is 10.2 Å². The second kappa shape index (κ2) is 9.95. The van der Waals surface area contributed by atoms with Gasteiger partial charge in [0.2, 0.25) is 0 Å². The molecule has 0 unspecified atom stereocenters. The first-order valence-electron chi connectivity index (χ1n) is 9.86. The highest BCUT2D eigenvalue weighted by Crippen LogP contribution is 2.24. The SMILES string of the molecule is CCOC(=O)N1CCC(NC[C@@H](O)COc2ccc(C(C)(C)C)cc2)CC1. The molecule has 6 nitrogen and oxygen atoms in total. The molecule has 1 heterocycles. The number of piperidine rings is 1. The number of ether oxygens (including phenoxy) is 2. The Bertz CT molecular complexity index is 575. The van der Waals surface area contributed by atoms with E-state index < -0.39 is 6.10 Å². The quantitative estimate of drug-likeness (QED) is 0.763. The van der Waals surface area contributed by atoms with Crippen LogP contribution in [0.25, 0.3) is 0 Å². The van der Waals surface area contributed by atoms with Crippen molar-refractivity contribution in [2.75, 3.05) is 32.8 Å². The summed E-state index contributed by atoms with van der Waals surface area (Å²) in [6.07, 6.45) is 0.915. The molecule has 0 radical (unpaired) electrons. The number of rotatable bonds is 7. The molecule has 152 valence electrons. The largest absolute Gasteiger partial charge is 0.491 e. The van der Waals surface area contributed by atoms with Crippen LogP contribution in [0.5, 0.6) is 5.75 Å². The second-order valence-electron chi connectivity index (χ2n) is 8.11. The van der Waals surface area contributed by atoms with Gasteiger partial charge in [-0.05, 0) is 42.9 Å². The van der Waals surface area contributed by atoms with Gasteiger partial charge in [-0.15, -0.1) is 0 Å².